The smallest absolute Gasteiger partial charge is 0.274 e. The van der Waals surface area contributed by atoms with Crippen LogP contribution in [0.15, 0.2) is 29.3 Å². The molecule has 1 fully saturated rings. The van der Waals surface area contributed by atoms with Crippen LogP contribution in [0.25, 0.3) is 0 Å². The minimum Gasteiger partial charge on any atom is -0.347 e. The first kappa shape index (κ1) is 15.5. The highest BCUT2D eigenvalue weighted by Crippen LogP contribution is 2.29. The Morgan fingerprint density at radius 3 is 3.00 bits per heavy atom. The molecular formula is C16H21N5O2. The molecule has 1 atom stereocenters. The zero-order chi connectivity index (χ0) is 16.2. The molecule has 2 aromatic heterocycles. The number of aromatic amines is 1. The number of rotatable bonds is 4. The largest absolute Gasteiger partial charge is 0.347 e. The van der Waals surface area contributed by atoms with E-state index in [0.29, 0.717) is 18.8 Å². The molecule has 2 aromatic rings. The number of hydrogen-bond acceptors (Lipinski definition) is 4. The molecular weight excluding hydrogens is 294 g/mol. The van der Waals surface area contributed by atoms with E-state index in [2.05, 4.69) is 15.1 Å². The third kappa shape index (κ3) is 3.18. The highest BCUT2D eigenvalue weighted by Gasteiger charge is 2.31. The van der Waals surface area contributed by atoms with Crippen LogP contribution in [0.4, 0.5) is 0 Å². The van der Waals surface area contributed by atoms with Crippen molar-refractivity contribution in [3.8, 4) is 0 Å². The van der Waals surface area contributed by atoms with Gasteiger partial charge in [0.05, 0.1) is 6.04 Å². The Kier molecular flexibility index (Phi) is 4.55. The minimum absolute atomic E-state index is 0.0559. The molecule has 3 rings (SSSR count). The van der Waals surface area contributed by atoms with Crippen LogP contribution in [0.1, 0.15) is 55.0 Å². The lowest BCUT2D eigenvalue weighted by atomic mass is 10.0. The summed E-state index contributed by atoms with van der Waals surface area (Å²) in [6.45, 7) is 3.17. The third-order valence-electron chi connectivity index (χ3n) is 4.12. The standard InChI is InChI=1S/C16H21N5O2/c1-2-10-21-14(22)7-6-12(19-21)16(23)20-11-4-3-5-13(20)15-17-8-9-18-15/h6-9,13H,2-5,10-11H2,1H3,(H,17,18)/t13-/m1/s1. The van der Waals surface area contributed by atoms with Crippen LogP contribution >= 0.6 is 0 Å². The van der Waals surface area contributed by atoms with Crippen LogP contribution in [0, 0.1) is 0 Å². The number of H-pyrrole nitrogens is 1. The average Bonchev–Trinajstić information content (AvgIpc) is 3.11. The zero-order valence-electron chi connectivity index (χ0n) is 13.2. The molecule has 23 heavy (non-hydrogen) atoms. The summed E-state index contributed by atoms with van der Waals surface area (Å²) in [5.74, 6) is 0.663. The van der Waals surface area contributed by atoms with Crippen molar-refractivity contribution in [2.24, 2.45) is 0 Å². The summed E-state index contributed by atoms with van der Waals surface area (Å²) in [4.78, 5) is 33.9. The lowest BCUT2D eigenvalue weighted by molar-refractivity contribution is 0.0592. The van der Waals surface area contributed by atoms with E-state index >= 15 is 0 Å². The summed E-state index contributed by atoms with van der Waals surface area (Å²) in [7, 11) is 0. The molecule has 7 nitrogen and oxygen atoms in total. The number of aryl methyl sites for hydroxylation is 1. The topological polar surface area (TPSA) is 83.9 Å². The Bertz CT molecular complexity index is 722. The van der Waals surface area contributed by atoms with Gasteiger partial charge in [-0.2, -0.15) is 5.10 Å². The van der Waals surface area contributed by atoms with Gasteiger partial charge in [-0.1, -0.05) is 6.92 Å². The number of nitrogens with zero attached hydrogens (tertiary/aromatic N) is 4. The SMILES string of the molecule is CCCn1nc(C(=O)N2CCCC[C@@H]2c2ncc[nH]2)ccc1=O. The maximum absolute atomic E-state index is 12.9. The molecule has 1 aliphatic heterocycles. The molecule has 1 aliphatic rings. The summed E-state index contributed by atoms with van der Waals surface area (Å²) in [5, 5.41) is 4.24. The van der Waals surface area contributed by atoms with Crippen molar-refractivity contribution in [3.63, 3.8) is 0 Å². The third-order valence-corrected chi connectivity index (χ3v) is 4.12. The number of amides is 1. The second-order valence-electron chi connectivity index (χ2n) is 5.76. The number of likely N-dealkylation sites (tertiary alicyclic amines) is 1. The lowest BCUT2D eigenvalue weighted by Gasteiger charge is -2.34. The second-order valence-corrected chi connectivity index (χ2v) is 5.76. The first-order valence-electron chi connectivity index (χ1n) is 8.09. The number of carbonyl (C=O) groups excluding carboxylic acids is 1. The summed E-state index contributed by atoms with van der Waals surface area (Å²) in [6.07, 6.45) is 7.19. The summed E-state index contributed by atoms with van der Waals surface area (Å²) >= 11 is 0. The summed E-state index contributed by atoms with van der Waals surface area (Å²) < 4.78 is 1.36. The average molecular weight is 315 g/mol. The van der Waals surface area contributed by atoms with E-state index in [1.165, 1.54) is 16.8 Å². The highest BCUT2D eigenvalue weighted by atomic mass is 16.2. The maximum atomic E-state index is 12.9. The van der Waals surface area contributed by atoms with Crippen molar-refractivity contribution >= 4 is 5.91 Å². The fourth-order valence-electron chi connectivity index (χ4n) is 3.00. The van der Waals surface area contributed by atoms with Crippen LogP contribution in [-0.4, -0.2) is 37.1 Å². The van der Waals surface area contributed by atoms with Gasteiger partial charge < -0.3 is 9.88 Å². The van der Waals surface area contributed by atoms with Gasteiger partial charge in [-0.15, -0.1) is 0 Å². The monoisotopic (exact) mass is 315 g/mol. The molecule has 1 amide bonds. The number of hydrogen-bond donors (Lipinski definition) is 1. The number of imidazole rings is 1. The van der Waals surface area contributed by atoms with Gasteiger partial charge in [-0.05, 0) is 31.7 Å². The predicted molar refractivity (Wildman–Crippen MR) is 85.0 cm³/mol. The van der Waals surface area contributed by atoms with Gasteiger partial charge >= 0.3 is 0 Å². The molecule has 0 aliphatic carbocycles. The lowest BCUT2D eigenvalue weighted by Crippen LogP contribution is -2.40. The Morgan fingerprint density at radius 1 is 1.39 bits per heavy atom. The molecule has 0 aromatic carbocycles. The highest BCUT2D eigenvalue weighted by molar-refractivity contribution is 5.92. The Balaban J connectivity index is 1.88. The van der Waals surface area contributed by atoms with Gasteiger partial charge in [0.1, 0.15) is 11.5 Å². The summed E-state index contributed by atoms with van der Waals surface area (Å²) in [5.41, 5.74) is 0.140. The van der Waals surface area contributed by atoms with Crippen molar-refractivity contribution in [2.75, 3.05) is 6.54 Å². The van der Waals surface area contributed by atoms with Crippen molar-refractivity contribution in [2.45, 2.75) is 45.2 Å². The van der Waals surface area contributed by atoms with Crippen molar-refractivity contribution < 1.29 is 4.79 Å². The number of aromatic nitrogens is 4. The van der Waals surface area contributed by atoms with Gasteiger partial charge in [-0.3, -0.25) is 9.59 Å². The number of piperidine rings is 1. The van der Waals surface area contributed by atoms with Gasteiger partial charge in [0, 0.05) is 31.5 Å². The summed E-state index contributed by atoms with van der Waals surface area (Å²) in [6, 6.07) is 2.88. The normalized spacial score (nSPS) is 18.1. The van der Waals surface area contributed by atoms with E-state index in [1.807, 2.05) is 11.8 Å². The van der Waals surface area contributed by atoms with Gasteiger partial charge in [0.15, 0.2) is 0 Å². The molecule has 0 saturated carbocycles. The predicted octanol–water partition coefficient (Wildman–Crippen LogP) is 1.74. The molecule has 1 saturated heterocycles. The molecule has 1 N–H and O–H groups in total. The van der Waals surface area contributed by atoms with Crippen molar-refractivity contribution in [1.29, 1.82) is 0 Å². The van der Waals surface area contributed by atoms with E-state index in [1.54, 1.807) is 12.4 Å². The zero-order valence-corrected chi connectivity index (χ0v) is 13.2. The van der Waals surface area contributed by atoms with E-state index in [0.717, 1.165) is 31.5 Å². The Morgan fingerprint density at radius 2 is 2.26 bits per heavy atom. The fraction of sp³-hybridized carbons (Fsp3) is 0.500. The molecule has 7 heteroatoms. The van der Waals surface area contributed by atoms with Gasteiger partial charge in [0.2, 0.25) is 0 Å². The maximum Gasteiger partial charge on any atom is 0.274 e. The molecule has 0 unspecified atom stereocenters. The molecule has 0 radical (unpaired) electrons. The van der Waals surface area contributed by atoms with E-state index in [-0.39, 0.29) is 17.5 Å². The first-order chi connectivity index (χ1) is 11.2. The van der Waals surface area contributed by atoms with Gasteiger partial charge in [-0.25, -0.2) is 9.67 Å². The van der Waals surface area contributed by atoms with Crippen molar-refractivity contribution in [3.05, 3.63) is 46.4 Å². The van der Waals surface area contributed by atoms with Crippen LogP contribution in [0.3, 0.4) is 0 Å². The van der Waals surface area contributed by atoms with Crippen molar-refractivity contribution in [1.82, 2.24) is 24.6 Å². The molecule has 0 spiro atoms. The second kappa shape index (κ2) is 6.76. The van der Waals surface area contributed by atoms with Gasteiger partial charge in [0.25, 0.3) is 11.5 Å². The fourth-order valence-corrected chi connectivity index (χ4v) is 3.00. The van der Waals surface area contributed by atoms with Crippen LogP contribution in [0.2, 0.25) is 0 Å². The molecule has 3 heterocycles. The van der Waals surface area contributed by atoms with E-state index in [4.69, 9.17) is 0 Å². The number of carbonyl (C=O) groups is 1. The Hall–Kier alpha value is -2.44. The Labute approximate surface area is 134 Å². The molecule has 122 valence electrons. The van der Waals surface area contributed by atoms with Crippen LogP contribution in [0.5, 0.6) is 0 Å². The van der Waals surface area contributed by atoms with Crippen LogP contribution in [-0.2, 0) is 6.54 Å². The first-order valence-corrected chi connectivity index (χ1v) is 8.09. The minimum atomic E-state index is -0.176. The quantitative estimate of drug-likeness (QED) is 0.931. The van der Waals surface area contributed by atoms with E-state index < -0.39 is 0 Å². The van der Waals surface area contributed by atoms with E-state index in [9.17, 15) is 9.59 Å². The molecule has 0 bridgehead atoms. The van der Waals surface area contributed by atoms with Crippen LogP contribution < -0.4 is 5.56 Å². The number of nitrogens with one attached hydrogen (secondary N) is 1.